The van der Waals surface area contributed by atoms with Crippen LogP contribution in [0, 0.1) is 20.8 Å². The van der Waals surface area contributed by atoms with E-state index in [9.17, 15) is 0 Å². The lowest BCUT2D eigenvalue weighted by atomic mass is 10.2. The van der Waals surface area contributed by atoms with Gasteiger partial charge in [-0.05, 0) is 38.5 Å². The Morgan fingerprint density at radius 2 is 1.79 bits per heavy atom. The Bertz CT molecular complexity index is 612. The molecule has 0 saturated heterocycles. The highest BCUT2D eigenvalue weighted by molar-refractivity contribution is 6.30. The molecule has 0 fully saturated rings. The van der Waals surface area contributed by atoms with Crippen LogP contribution in [-0.2, 0) is 0 Å². The lowest BCUT2D eigenvalue weighted by Gasteiger charge is -2.14. The molecule has 0 unspecified atom stereocenters. The fourth-order valence-corrected chi connectivity index (χ4v) is 1.92. The molecule has 1 heterocycles. The van der Waals surface area contributed by atoms with Crippen LogP contribution in [0.2, 0.25) is 5.02 Å². The number of nitrogens with two attached hydrogens (primary N) is 1. The van der Waals surface area contributed by atoms with Crippen LogP contribution in [0.5, 0.6) is 0 Å². The van der Waals surface area contributed by atoms with Gasteiger partial charge >= 0.3 is 0 Å². The van der Waals surface area contributed by atoms with Gasteiger partial charge < -0.3 is 10.7 Å². The molecule has 2 rings (SSSR count). The standard InChI is InChI=1S/C13H16ClN5/c1-7-4-5-10(14)6-11(7)18-12-8(2)13(19-15)17-9(3)16-12/h4-6H,15H2,1-3H3,(H2,16,17,18,19). The maximum absolute atomic E-state index is 6.01. The third-order valence-corrected chi connectivity index (χ3v) is 3.08. The average molecular weight is 278 g/mol. The third-order valence-electron chi connectivity index (χ3n) is 2.85. The summed E-state index contributed by atoms with van der Waals surface area (Å²) in [5.74, 6) is 7.41. The molecule has 0 aliphatic heterocycles. The molecule has 1 aromatic heterocycles. The highest BCUT2D eigenvalue weighted by Gasteiger charge is 2.09. The van der Waals surface area contributed by atoms with E-state index in [1.165, 1.54) is 0 Å². The predicted molar refractivity (Wildman–Crippen MR) is 78.8 cm³/mol. The summed E-state index contributed by atoms with van der Waals surface area (Å²) < 4.78 is 0. The van der Waals surface area contributed by atoms with Crippen molar-refractivity contribution in [1.82, 2.24) is 9.97 Å². The minimum Gasteiger partial charge on any atom is -0.340 e. The second-order valence-corrected chi connectivity index (χ2v) is 4.76. The molecule has 0 saturated carbocycles. The maximum Gasteiger partial charge on any atom is 0.148 e. The van der Waals surface area contributed by atoms with Crippen molar-refractivity contribution in [3.63, 3.8) is 0 Å². The molecule has 1 aromatic carbocycles. The summed E-state index contributed by atoms with van der Waals surface area (Å²) in [4.78, 5) is 8.61. The number of nitrogen functional groups attached to an aromatic ring is 1. The molecular formula is C13H16ClN5. The summed E-state index contributed by atoms with van der Waals surface area (Å²) >= 11 is 6.01. The highest BCUT2D eigenvalue weighted by Crippen LogP contribution is 2.26. The summed E-state index contributed by atoms with van der Waals surface area (Å²) in [6.45, 7) is 5.72. The van der Waals surface area contributed by atoms with Gasteiger partial charge in [0.2, 0.25) is 0 Å². The molecule has 6 heteroatoms. The normalized spacial score (nSPS) is 10.4. The Morgan fingerprint density at radius 1 is 1.11 bits per heavy atom. The number of halogens is 1. The van der Waals surface area contributed by atoms with Crippen molar-refractivity contribution >= 4 is 28.9 Å². The molecule has 0 aliphatic carbocycles. The summed E-state index contributed by atoms with van der Waals surface area (Å²) in [5.41, 5.74) is 5.42. The summed E-state index contributed by atoms with van der Waals surface area (Å²) in [6.07, 6.45) is 0. The van der Waals surface area contributed by atoms with Gasteiger partial charge in [0, 0.05) is 16.3 Å². The molecule has 0 aliphatic rings. The summed E-state index contributed by atoms with van der Waals surface area (Å²) in [6, 6.07) is 5.67. The molecule has 100 valence electrons. The molecule has 0 atom stereocenters. The van der Waals surface area contributed by atoms with Crippen LogP contribution in [0.3, 0.4) is 0 Å². The van der Waals surface area contributed by atoms with E-state index < -0.39 is 0 Å². The van der Waals surface area contributed by atoms with Gasteiger partial charge in [0.25, 0.3) is 0 Å². The Morgan fingerprint density at radius 3 is 2.47 bits per heavy atom. The summed E-state index contributed by atoms with van der Waals surface area (Å²) in [5, 5.41) is 3.94. The number of rotatable bonds is 3. The zero-order valence-corrected chi connectivity index (χ0v) is 11.8. The van der Waals surface area contributed by atoms with Crippen LogP contribution in [0.15, 0.2) is 18.2 Å². The topological polar surface area (TPSA) is 75.9 Å². The van der Waals surface area contributed by atoms with E-state index in [2.05, 4.69) is 20.7 Å². The molecular weight excluding hydrogens is 262 g/mol. The van der Waals surface area contributed by atoms with Crippen LogP contribution in [0.1, 0.15) is 17.0 Å². The van der Waals surface area contributed by atoms with Crippen LogP contribution in [0.25, 0.3) is 0 Å². The maximum atomic E-state index is 6.01. The Hall–Kier alpha value is -1.85. The lowest BCUT2D eigenvalue weighted by molar-refractivity contribution is 1.03. The first-order chi connectivity index (χ1) is 9.01. The van der Waals surface area contributed by atoms with Crippen LogP contribution in [-0.4, -0.2) is 9.97 Å². The van der Waals surface area contributed by atoms with Gasteiger partial charge in [0.05, 0.1) is 0 Å². The van der Waals surface area contributed by atoms with Gasteiger partial charge in [-0.1, -0.05) is 17.7 Å². The number of hydrogen-bond donors (Lipinski definition) is 3. The minimum atomic E-state index is 0.606. The smallest absolute Gasteiger partial charge is 0.148 e. The third kappa shape index (κ3) is 2.94. The Labute approximate surface area is 117 Å². The van der Waals surface area contributed by atoms with Gasteiger partial charge in [-0.25, -0.2) is 15.8 Å². The molecule has 19 heavy (non-hydrogen) atoms. The number of aryl methyl sites for hydroxylation is 2. The van der Waals surface area contributed by atoms with Gasteiger partial charge in [-0.3, -0.25) is 0 Å². The first kappa shape index (κ1) is 13.6. The van der Waals surface area contributed by atoms with Crippen molar-refractivity contribution in [2.75, 3.05) is 10.7 Å². The first-order valence-electron chi connectivity index (χ1n) is 5.86. The Kier molecular flexibility index (Phi) is 3.87. The van der Waals surface area contributed by atoms with E-state index in [1.807, 2.05) is 39.0 Å². The SMILES string of the molecule is Cc1nc(NN)c(C)c(Nc2cc(Cl)ccc2C)n1. The lowest BCUT2D eigenvalue weighted by Crippen LogP contribution is -2.13. The number of nitrogens with zero attached hydrogens (tertiary/aromatic N) is 2. The van der Waals surface area contributed by atoms with Gasteiger partial charge in [-0.2, -0.15) is 0 Å². The number of nitrogens with one attached hydrogen (secondary N) is 2. The average Bonchev–Trinajstić information content (AvgIpc) is 2.37. The second kappa shape index (κ2) is 5.42. The predicted octanol–water partition coefficient (Wildman–Crippen LogP) is 3.08. The van der Waals surface area contributed by atoms with Crippen molar-refractivity contribution in [3.8, 4) is 0 Å². The number of benzene rings is 1. The zero-order valence-electron chi connectivity index (χ0n) is 11.1. The number of hydrazine groups is 1. The largest absolute Gasteiger partial charge is 0.340 e. The second-order valence-electron chi connectivity index (χ2n) is 4.32. The van der Waals surface area contributed by atoms with E-state index in [1.54, 1.807) is 0 Å². The van der Waals surface area contributed by atoms with E-state index in [4.69, 9.17) is 17.4 Å². The number of anilines is 3. The number of hydrogen-bond acceptors (Lipinski definition) is 5. The minimum absolute atomic E-state index is 0.606. The summed E-state index contributed by atoms with van der Waals surface area (Å²) in [7, 11) is 0. The molecule has 4 N–H and O–H groups in total. The van der Waals surface area contributed by atoms with Gasteiger partial charge in [0.1, 0.15) is 17.5 Å². The molecule has 0 amide bonds. The van der Waals surface area contributed by atoms with Gasteiger partial charge in [0.15, 0.2) is 0 Å². The van der Waals surface area contributed by atoms with Crippen molar-refractivity contribution in [2.45, 2.75) is 20.8 Å². The van der Waals surface area contributed by atoms with E-state index >= 15 is 0 Å². The van der Waals surface area contributed by atoms with Crippen molar-refractivity contribution in [3.05, 3.63) is 40.2 Å². The first-order valence-corrected chi connectivity index (χ1v) is 6.24. The van der Waals surface area contributed by atoms with E-state index in [-0.39, 0.29) is 0 Å². The molecule has 0 radical (unpaired) electrons. The Balaban J connectivity index is 2.43. The monoisotopic (exact) mass is 277 g/mol. The highest BCUT2D eigenvalue weighted by atomic mass is 35.5. The molecule has 0 bridgehead atoms. The van der Waals surface area contributed by atoms with Gasteiger partial charge in [-0.15, -0.1) is 0 Å². The fourth-order valence-electron chi connectivity index (χ4n) is 1.75. The molecule has 0 spiro atoms. The zero-order chi connectivity index (χ0) is 14.0. The van der Waals surface area contributed by atoms with Crippen molar-refractivity contribution < 1.29 is 0 Å². The van der Waals surface area contributed by atoms with E-state index in [0.717, 1.165) is 16.8 Å². The van der Waals surface area contributed by atoms with Crippen LogP contribution in [0.4, 0.5) is 17.3 Å². The fraction of sp³-hybridized carbons (Fsp3) is 0.231. The number of aromatic nitrogens is 2. The molecule has 5 nitrogen and oxygen atoms in total. The van der Waals surface area contributed by atoms with E-state index in [0.29, 0.717) is 22.5 Å². The quantitative estimate of drug-likeness (QED) is 0.594. The van der Waals surface area contributed by atoms with Crippen LogP contribution < -0.4 is 16.6 Å². The van der Waals surface area contributed by atoms with Crippen LogP contribution >= 0.6 is 11.6 Å². The van der Waals surface area contributed by atoms with Crippen molar-refractivity contribution in [1.29, 1.82) is 0 Å². The molecule has 2 aromatic rings. The van der Waals surface area contributed by atoms with Crippen molar-refractivity contribution in [2.24, 2.45) is 5.84 Å².